The molecular weight excluding hydrogens is 377 g/mol. The fourth-order valence-corrected chi connectivity index (χ4v) is 3.57. The van der Waals surface area contributed by atoms with Crippen LogP contribution in [-0.4, -0.2) is 17.3 Å². The number of hydrogen-bond donors (Lipinski definition) is 2. The molecule has 2 amide bonds. The fourth-order valence-electron chi connectivity index (χ4n) is 2.95. The molecule has 0 bridgehead atoms. The van der Waals surface area contributed by atoms with Gasteiger partial charge in [-0.15, -0.1) is 0 Å². The summed E-state index contributed by atoms with van der Waals surface area (Å²) < 4.78 is 37.9. The number of thioether (sulfide) groups is 1. The van der Waals surface area contributed by atoms with Crippen molar-refractivity contribution < 1.29 is 22.8 Å². The van der Waals surface area contributed by atoms with Gasteiger partial charge in [0, 0.05) is 22.9 Å². The van der Waals surface area contributed by atoms with E-state index in [1.54, 1.807) is 6.07 Å². The van der Waals surface area contributed by atoms with E-state index in [0.717, 1.165) is 11.3 Å². The van der Waals surface area contributed by atoms with Gasteiger partial charge in [-0.2, -0.15) is 13.2 Å². The molecule has 0 aliphatic carbocycles. The lowest BCUT2D eigenvalue weighted by molar-refractivity contribution is -0.121. The maximum atomic E-state index is 12.6. The standard InChI is InChI=1S/C19H17F3N2O2S/c20-19(21,22)27-16-8-4-3-7-15(16)23-17(25)10-9-13-11-12-5-1-2-6-14(12)24-18(13)26/h1-8,13H,9-11H2,(H,23,25)(H,24,26). The Morgan fingerprint density at radius 2 is 1.85 bits per heavy atom. The van der Waals surface area contributed by atoms with E-state index < -0.39 is 11.4 Å². The van der Waals surface area contributed by atoms with Crippen LogP contribution >= 0.6 is 11.8 Å². The minimum absolute atomic E-state index is 0.0469. The summed E-state index contributed by atoms with van der Waals surface area (Å²) in [5.74, 6) is -0.906. The molecule has 27 heavy (non-hydrogen) atoms. The number of para-hydroxylation sites is 2. The normalized spacial score (nSPS) is 16.4. The predicted molar refractivity (Wildman–Crippen MR) is 98.5 cm³/mol. The number of amides is 2. The van der Waals surface area contributed by atoms with Crippen molar-refractivity contribution in [2.24, 2.45) is 5.92 Å². The van der Waals surface area contributed by atoms with Crippen LogP contribution in [0.5, 0.6) is 0 Å². The van der Waals surface area contributed by atoms with E-state index in [4.69, 9.17) is 0 Å². The molecule has 1 aliphatic rings. The molecular formula is C19H17F3N2O2S. The molecule has 0 spiro atoms. The summed E-state index contributed by atoms with van der Waals surface area (Å²) >= 11 is -0.271. The van der Waals surface area contributed by atoms with Gasteiger partial charge in [0.25, 0.3) is 0 Å². The largest absolute Gasteiger partial charge is 0.446 e. The highest BCUT2D eigenvalue weighted by atomic mass is 32.2. The molecule has 2 aromatic carbocycles. The van der Waals surface area contributed by atoms with Crippen LogP contribution < -0.4 is 10.6 Å². The first-order chi connectivity index (χ1) is 12.8. The molecule has 3 rings (SSSR count). The molecule has 1 heterocycles. The van der Waals surface area contributed by atoms with Crippen molar-refractivity contribution >= 4 is 35.0 Å². The van der Waals surface area contributed by atoms with Gasteiger partial charge in [-0.05, 0) is 48.4 Å². The lowest BCUT2D eigenvalue weighted by Gasteiger charge is -2.24. The third-order valence-corrected chi connectivity index (χ3v) is 5.03. The zero-order valence-corrected chi connectivity index (χ0v) is 15.0. The third-order valence-electron chi connectivity index (χ3n) is 4.22. The molecule has 8 heteroatoms. The number of benzene rings is 2. The van der Waals surface area contributed by atoms with Gasteiger partial charge in [-0.3, -0.25) is 9.59 Å². The Balaban J connectivity index is 1.59. The molecule has 2 N–H and O–H groups in total. The summed E-state index contributed by atoms with van der Waals surface area (Å²) in [5, 5.41) is 5.33. The highest BCUT2D eigenvalue weighted by molar-refractivity contribution is 8.00. The molecule has 1 unspecified atom stereocenters. The van der Waals surface area contributed by atoms with Crippen LogP contribution in [0.3, 0.4) is 0 Å². The van der Waals surface area contributed by atoms with Crippen molar-refractivity contribution in [3.63, 3.8) is 0 Å². The highest BCUT2D eigenvalue weighted by Gasteiger charge is 2.31. The number of carbonyl (C=O) groups excluding carboxylic acids is 2. The number of nitrogens with one attached hydrogen (secondary N) is 2. The molecule has 0 fully saturated rings. The van der Waals surface area contributed by atoms with Gasteiger partial charge in [-0.1, -0.05) is 30.3 Å². The summed E-state index contributed by atoms with van der Waals surface area (Å²) in [6, 6.07) is 13.2. The Hall–Kier alpha value is -2.48. The Morgan fingerprint density at radius 3 is 2.63 bits per heavy atom. The lowest BCUT2D eigenvalue weighted by Crippen LogP contribution is -2.30. The van der Waals surface area contributed by atoms with Crippen LogP contribution in [0.15, 0.2) is 53.4 Å². The highest BCUT2D eigenvalue weighted by Crippen LogP contribution is 2.40. The van der Waals surface area contributed by atoms with Crippen LogP contribution in [0.4, 0.5) is 24.5 Å². The van der Waals surface area contributed by atoms with Gasteiger partial charge >= 0.3 is 5.51 Å². The van der Waals surface area contributed by atoms with Crippen molar-refractivity contribution in [1.29, 1.82) is 0 Å². The van der Waals surface area contributed by atoms with Gasteiger partial charge in [-0.25, -0.2) is 0 Å². The van der Waals surface area contributed by atoms with Crippen molar-refractivity contribution in [2.45, 2.75) is 29.7 Å². The average Bonchev–Trinajstić information content (AvgIpc) is 2.60. The van der Waals surface area contributed by atoms with Crippen molar-refractivity contribution in [1.82, 2.24) is 0 Å². The first kappa shape index (κ1) is 19.3. The Labute approximate surface area is 158 Å². The van der Waals surface area contributed by atoms with Crippen LogP contribution in [0.2, 0.25) is 0 Å². The van der Waals surface area contributed by atoms with Crippen LogP contribution in [0, 0.1) is 5.92 Å². The van der Waals surface area contributed by atoms with E-state index in [9.17, 15) is 22.8 Å². The van der Waals surface area contributed by atoms with Gasteiger partial charge in [0.05, 0.1) is 5.69 Å². The lowest BCUT2D eigenvalue weighted by atomic mass is 9.89. The number of carbonyl (C=O) groups is 2. The summed E-state index contributed by atoms with van der Waals surface area (Å²) in [5.41, 5.74) is -2.53. The number of fused-ring (bicyclic) bond motifs is 1. The van der Waals surface area contributed by atoms with E-state index >= 15 is 0 Å². The monoisotopic (exact) mass is 394 g/mol. The average molecular weight is 394 g/mol. The molecule has 1 aliphatic heterocycles. The zero-order chi connectivity index (χ0) is 19.4. The van der Waals surface area contributed by atoms with E-state index in [2.05, 4.69) is 10.6 Å². The summed E-state index contributed by atoms with van der Waals surface area (Å²) in [7, 11) is 0. The molecule has 2 aromatic rings. The number of alkyl halides is 3. The van der Waals surface area contributed by atoms with Gasteiger partial charge in [0.2, 0.25) is 11.8 Å². The summed E-state index contributed by atoms with van der Waals surface area (Å²) in [4.78, 5) is 24.3. The molecule has 0 radical (unpaired) electrons. The van der Waals surface area contributed by atoms with E-state index in [1.807, 2.05) is 24.3 Å². The van der Waals surface area contributed by atoms with Gasteiger partial charge in [0.15, 0.2) is 0 Å². The first-order valence-electron chi connectivity index (χ1n) is 8.35. The summed E-state index contributed by atoms with van der Waals surface area (Å²) in [6.07, 6.45) is 0.904. The van der Waals surface area contributed by atoms with Crippen molar-refractivity contribution in [3.8, 4) is 0 Å². The Bertz CT molecular complexity index is 855. The topological polar surface area (TPSA) is 58.2 Å². The SMILES string of the molecule is O=C(CCC1Cc2ccccc2NC1=O)Nc1ccccc1SC(F)(F)F. The first-order valence-corrected chi connectivity index (χ1v) is 9.17. The van der Waals surface area contributed by atoms with Crippen LogP contribution in [0.1, 0.15) is 18.4 Å². The van der Waals surface area contributed by atoms with Crippen LogP contribution in [-0.2, 0) is 16.0 Å². The minimum atomic E-state index is -4.44. The quantitative estimate of drug-likeness (QED) is 0.715. The predicted octanol–water partition coefficient (Wildman–Crippen LogP) is 4.83. The zero-order valence-electron chi connectivity index (χ0n) is 14.2. The smallest absolute Gasteiger partial charge is 0.326 e. The Kier molecular flexibility index (Phi) is 5.74. The molecule has 0 saturated carbocycles. The maximum Gasteiger partial charge on any atom is 0.446 e. The van der Waals surface area contributed by atoms with Gasteiger partial charge in [0.1, 0.15) is 0 Å². The number of anilines is 2. The second-order valence-electron chi connectivity index (χ2n) is 6.18. The number of halogens is 3. The summed E-state index contributed by atoms with van der Waals surface area (Å²) in [6.45, 7) is 0. The van der Waals surface area contributed by atoms with E-state index in [0.29, 0.717) is 12.8 Å². The second-order valence-corrected chi connectivity index (χ2v) is 7.29. The third kappa shape index (κ3) is 5.26. The van der Waals surface area contributed by atoms with Crippen molar-refractivity contribution in [2.75, 3.05) is 10.6 Å². The molecule has 1 atom stereocenters. The number of hydrogen-bond acceptors (Lipinski definition) is 3. The van der Waals surface area contributed by atoms with Crippen LogP contribution in [0.25, 0.3) is 0 Å². The van der Waals surface area contributed by atoms with E-state index in [-0.39, 0.29) is 40.6 Å². The van der Waals surface area contributed by atoms with E-state index in [1.165, 1.54) is 18.2 Å². The minimum Gasteiger partial charge on any atom is -0.326 e. The molecule has 0 aromatic heterocycles. The Morgan fingerprint density at radius 1 is 1.15 bits per heavy atom. The molecule has 4 nitrogen and oxygen atoms in total. The number of rotatable bonds is 5. The van der Waals surface area contributed by atoms with Crippen molar-refractivity contribution in [3.05, 3.63) is 54.1 Å². The second kappa shape index (κ2) is 8.04. The van der Waals surface area contributed by atoms with Gasteiger partial charge < -0.3 is 10.6 Å². The fraction of sp³-hybridized carbons (Fsp3) is 0.263. The maximum absolute atomic E-state index is 12.6. The molecule has 142 valence electrons. The molecule has 0 saturated heterocycles.